The van der Waals surface area contributed by atoms with E-state index >= 15 is 0 Å². The van der Waals surface area contributed by atoms with Gasteiger partial charge in [-0.2, -0.15) is 0 Å². The lowest BCUT2D eigenvalue weighted by atomic mass is 10.00. The molecule has 1 aromatic rings. The number of benzene rings is 1. The van der Waals surface area contributed by atoms with Gasteiger partial charge in [0.2, 0.25) is 5.91 Å². The zero-order valence-electron chi connectivity index (χ0n) is 9.54. The number of aliphatic hydroxyl groups is 2. The summed E-state index contributed by atoms with van der Waals surface area (Å²) in [5, 5.41) is 19.3. The second-order valence-corrected chi connectivity index (χ2v) is 3.96. The first kappa shape index (κ1) is 13.6. The molecule has 2 unspecified atom stereocenters. The maximum absolute atomic E-state index is 10.6. The van der Waals surface area contributed by atoms with Crippen molar-refractivity contribution in [3.63, 3.8) is 0 Å². The van der Waals surface area contributed by atoms with Crippen molar-refractivity contribution < 1.29 is 15.0 Å². The summed E-state index contributed by atoms with van der Waals surface area (Å²) in [6.45, 7) is 0.562. The molecule has 0 aliphatic carbocycles. The third kappa shape index (κ3) is 4.14. The molecule has 0 spiro atoms. The number of aliphatic hydroxyl groups excluding tert-OH is 2. The third-order valence-electron chi connectivity index (χ3n) is 2.53. The highest BCUT2D eigenvalue weighted by atomic mass is 16.3. The van der Waals surface area contributed by atoms with E-state index < -0.39 is 18.1 Å². The van der Waals surface area contributed by atoms with Crippen LogP contribution in [-0.2, 0) is 11.2 Å². The van der Waals surface area contributed by atoms with Crippen LogP contribution in [0.2, 0.25) is 0 Å². The Morgan fingerprint density at radius 2 is 1.82 bits per heavy atom. The molecule has 0 fully saturated rings. The lowest BCUT2D eigenvalue weighted by Gasteiger charge is -2.17. The molecule has 1 rings (SSSR count). The van der Waals surface area contributed by atoms with Crippen molar-refractivity contribution in [3.05, 3.63) is 35.4 Å². The molecule has 0 heterocycles. The molecule has 0 saturated heterocycles. The molecular formula is C12H18N2O3. The maximum Gasteiger partial charge on any atom is 0.220 e. The second-order valence-electron chi connectivity index (χ2n) is 3.96. The molecule has 0 saturated carbocycles. The smallest absolute Gasteiger partial charge is 0.220 e. The molecule has 0 aliphatic heterocycles. The van der Waals surface area contributed by atoms with Gasteiger partial charge in [0.15, 0.2) is 0 Å². The van der Waals surface area contributed by atoms with Gasteiger partial charge in [-0.25, -0.2) is 0 Å². The SMILES string of the molecule is NCCc1ccc(C(O)C(O)CC(N)=O)cc1. The normalized spacial score (nSPS) is 14.3. The Kier molecular flexibility index (Phi) is 5.09. The van der Waals surface area contributed by atoms with Crippen molar-refractivity contribution in [2.75, 3.05) is 6.54 Å². The average molecular weight is 238 g/mol. The van der Waals surface area contributed by atoms with Gasteiger partial charge >= 0.3 is 0 Å². The van der Waals surface area contributed by atoms with Crippen molar-refractivity contribution in [2.45, 2.75) is 25.0 Å². The number of carbonyl (C=O) groups is 1. The third-order valence-corrected chi connectivity index (χ3v) is 2.53. The summed E-state index contributed by atoms with van der Waals surface area (Å²) in [7, 11) is 0. The highest BCUT2D eigenvalue weighted by molar-refractivity contribution is 5.74. The van der Waals surface area contributed by atoms with Crippen LogP contribution >= 0.6 is 0 Å². The maximum atomic E-state index is 10.6. The van der Waals surface area contributed by atoms with E-state index in [0.29, 0.717) is 12.1 Å². The summed E-state index contributed by atoms with van der Waals surface area (Å²) in [6, 6.07) is 7.09. The molecule has 5 heteroatoms. The molecule has 1 aromatic carbocycles. The Hall–Kier alpha value is -1.43. The van der Waals surface area contributed by atoms with Gasteiger partial charge in [0, 0.05) is 0 Å². The molecule has 17 heavy (non-hydrogen) atoms. The van der Waals surface area contributed by atoms with E-state index in [1.165, 1.54) is 0 Å². The minimum absolute atomic E-state index is 0.258. The molecule has 0 radical (unpaired) electrons. The zero-order chi connectivity index (χ0) is 12.8. The van der Waals surface area contributed by atoms with E-state index in [2.05, 4.69) is 0 Å². The lowest BCUT2D eigenvalue weighted by Crippen LogP contribution is -2.25. The van der Waals surface area contributed by atoms with Gasteiger partial charge in [-0.05, 0) is 24.1 Å². The van der Waals surface area contributed by atoms with Gasteiger partial charge in [0.25, 0.3) is 0 Å². The van der Waals surface area contributed by atoms with Crippen molar-refractivity contribution in [1.29, 1.82) is 0 Å². The first-order valence-corrected chi connectivity index (χ1v) is 5.48. The quantitative estimate of drug-likeness (QED) is 0.533. The Morgan fingerprint density at radius 3 is 2.29 bits per heavy atom. The van der Waals surface area contributed by atoms with Crippen molar-refractivity contribution >= 4 is 5.91 Å². The van der Waals surface area contributed by atoms with E-state index in [0.717, 1.165) is 12.0 Å². The van der Waals surface area contributed by atoms with E-state index in [9.17, 15) is 15.0 Å². The van der Waals surface area contributed by atoms with Gasteiger partial charge in [-0.3, -0.25) is 4.79 Å². The average Bonchev–Trinajstić information content (AvgIpc) is 2.28. The minimum atomic E-state index is -1.17. The summed E-state index contributed by atoms with van der Waals surface area (Å²) in [5.41, 5.74) is 12.0. The Morgan fingerprint density at radius 1 is 1.24 bits per heavy atom. The van der Waals surface area contributed by atoms with Crippen LogP contribution in [0.4, 0.5) is 0 Å². The predicted octanol–water partition coefficient (Wildman–Crippen LogP) is -0.543. The van der Waals surface area contributed by atoms with Crippen molar-refractivity contribution in [3.8, 4) is 0 Å². The highest BCUT2D eigenvalue weighted by Crippen LogP contribution is 2.19. The number of rotatable bonds is 6. The summed E-state index contributed by atoms with van der Waals surface area (Å²) in [6.07, 6.45) is -1.77. The number of nitrogens with two attached hydrogens (primary N) is 2. The van der Waals surface area contributed by atoms with Crippen LogP contribution in [0.15, 0.2) is 24.3 Å². The summed E-state index contributed by atoms with van der Waals surface area (Å²) in [4.78, 5) is 10.6. The molecule has 0 aliphatic rings. The van der Waals surface area contributed by atoms with E-state index in [4.69, 9.17) is 11.5 Å². The number of carbonyl (C=O) groups excluding carboxylic acids is 1. The fraction of sp³-hybridized carbons (Fsp3) is 0.417. The predicted molar refractivity (Wildman–Crippen MR) is 64.0 cm³/mol. The number of amides is 1. The standard InChI is InChI=1S/C12H18N2O3/c13-6-5-8-1-3-9(4-2-8)12(17)10(15)7-11(14)16/h1-4,10,12,15,17H,5-7,13H2,(H2,14,16). The van der Waals surface area contributed by atoms with E-state index in [1.807, 2.05) is 12.1 Å². The fourth-order valence-corrected chi connectivity index (χ4v) is 1.59. The largest absolute Gasteiger partial charge is 0.390 e. The van der Waals surface area contributed by atoms with Crippen LogP contribution in [0.3, 0.4) is 0 Å². The molecule has 1 amide bonds. The first-order chi connectivity index (χ1) is 8.04. The van der Waals surface area contributed by atoms with Gasteiger partial charge < -0.3 is 21.7 Å². The van der Waals surface area contributed by atoms with Crippen LogP contribution in [0, 0.1) is 0 Å². The molecule has 6 N–H and O–H groups in total. The van der Waals surface area contributed by atoms with Gasteiger partial charge in [0.1, 0.15) is 6.10 Å². The van der Waals surface area contributed by atoms with Gasteiger partial charge in [-0.1, -0.05) is 24.3 Å². The fourth-order valence-electron chi connectivity index (χ4n) is 1.59. The van der Waals surface area contributed by atoms with Crippen molar-refractivity contribution in [2.24, 2.45) is 11.5 Å². The van der Waals surface area contributed by atoms with Crippen LogP contribution in [0.1, 0.15) is 23.7 Å². The lowest BCUT2D eigenvalue weighted by molar-refractivity contribution is -0.121. The second kappa shape index (κ2) is 6.34. The van der Waals surface area contributed by atoms with Crippen LogP contribution in [-0.4, -0.2) is 28.8 Å². The first-order valence-electron chi connectivity index (χ1n) is 5.48. The number of hydrogen-bond donors (Lipinski definition) is 4. The highest BCUT2D eigenvalue weighted by Gasteiger charge is 2.19. The van der Waals surface area contributed by atoms with Crippen LogP contribution in [0.5, 0.6) is 0 Å². The van der Waals surface area contributed by atoms with E-state index in [1.54, 1.807) is 12.1 Å². The van der Waals surface area contributed by atoms with Crippen LogP contribution < -0.4 is 11.5 Å². The monoisotopic (exact) mass is 238 g/mol. The zero-order valence-corrected chi connectivity index (χ0v) is 9.54. The van der Waals surface area contributed by atoms with Crippen LogP contribution in [0.25, 0.3) is 0 Å². The summed E-state index contributed by atoms with van der Waals surface area (Å²) < 4.78 is 0. The molecule has 94 valence electrons. The Bertz CT molecular complexity index is 365. The number of hydrogen-bond acceptors (Lipinski definition) is 4. The van der Waals surface area contributed by atoms with Gasteiger partial charge in [-0.15, -0.1) is 0 Å². The topological polar surface area (TPSA) is 110 Å². The minimum Gasteiger partial charge on any atom is -0.390 e. The Labute approximate surface area is 100 Å². The summed E-state index contributed by atoms with van der Waals surface area (Å²) >= 11 is 0. The molecule has 0 bridgehead atoms. The number of primary amides is 1. The molecule has 5 nitrogen and oxygen atoms in total. The molecule has 0 aromatic heterocycles. The Balaban J connectivity index is 2.68. The summed E-state index contributed by atoms with van der Waals surface area (Å²) in [5.74, 6) is -0.642. The van der Waals surface area contributed by atoms with Gasteiger partial charge in [0.05, 0.1) is 12.5 Å². The van der Waals surface area contributed by atoms with E-state index in [-0.39, 0.29) is 6.42 Å². The molecular weight excluding hydrogens is 220 g/mol. The molecule has 2 atom stereocenters. The van der Waals surface area contributed by atoms with Crippen molar-refractivity contribution in [1.82, 2.24) is 0 Å².